The fourth-order valence-corrected chi connectivity index (χ4v) is 3.62. The van der Waals surface area contributed by atoms with Gasteiger partial charge >= 0.3 is 0 Å². The molecule has 4 heteroatoms. The molecular formula is C26H20N4. The van der Waals surface area contributed by atoms with E-state index >= 15 is 0 Å². The predicted octanol–water partition coefficient (Wildman–Crippen LogP) is 4.47. The molecule has 5 aromatic rings. The van der Waals surface area contributed by atoms with Crippen LogP contribution in [0.2, 0.25) is 0 Å². The molecule has 2 aromatic heterocycles. The molecular weight excluding hydrogens is 368 g/mol. The number of imidazole rings is 1. The van der Waals surface area contributed by atoms with Gasteiger partial charge in [-0.2, -0.15) is 0 Å². The first-order valence-corrected chi connectivity index (χ1v) is 9.94. The summed E-state index contributed by atoms with van der Waals surface area (Å²) in [7, 11) is 0. The number of benzene rings is 3. The van der Waals surface area contributed by atoms with E-state index < -0.39 is 0 Å². The van der Waals surface area contributed by atoms with Crippen LogP contribution in [0, 0.1) is 11.8 Å². The van der Waals surface area contributed by atoms with Crippen LogP contribution in [0.25, 0.3) is 27.6 Å². The molecule has 0 spiro atoms. The van der Waals surface area contributed by atoms with E-state index in [1.165, 1.54) is 5.56 Å². The first kappa shape index (κ1) is 18.1. The Balaban J connectivity index is 1.63. The number of hydrogen-bond acceptors (Lipinski definition) is 3. The highest BCUT2D eigenvalue weighted by molar-refractivity contribution is 6.03. The summed E-state index contributed by atoms with van der Waals surface area (Å²) in [5.41, 5.74) is 12.7. The summed E-state index contributed by atoms with van der Waals surface area (Å²) in [4.78, 5) is 9.15. The molecule has 0 aliphatic rings. The Labute approximate surface area is 175 Å². The largest absolute Gasteiger partial charge is 0.330 e. The average Bonchev–Trinajstić information content (AvgIpc) is 3.24. The average molecular weight is 388 g/mol. The lowest BCUT2D eigenvalue weighted by atomic mass is 10.1. The molecule has 0 saturated carbocycles. The highest BCUT2D eigenvalue weighted by Crippen LogP contribution is 2.26. The molecule has 0 saturated heterocycles. The van der Waals surface area contributed by atoms with Gasteiger partial charge in [0.2, 0.25) is 0 Å². The Hall–Kier alpha value is -3.94. The minimum absolute atomic E-state index is 0.649. The van der Waals surface area contributed by atoms with Gasteiger partial charge in [0.05, 0.1) is 17.2 Å². The molecule has 0 aliphatic carbocycles. The van der Waals surface area contributed by atoms with E-state index in [9.17, 15) is 0 Å². The molecule has 3 aromatic carbocycles. The van der Waals surface area contributed by atoms with E-state index in [0.29, 0.717) is 6.54 Å². The summed E-state index contributed by atoms with van der Waals surface area (Å²) in [6.45, 7) is 0.649. The molecule has 2 heterocycles. The standard InChI is InChI=1S/C26H20N4/c27-15-14-20-8-11-22(12-9-20)30-18-29-25-17-28-24-13-10-21(16-23(24)26(25)30)7-6-19-4-2-1-3-5-19/h1-5,8-13,16-18H,14-15,27H2. The first-order valence-electron chi connectivity index (χ1n) is 9.94. The van der Waals surface area contributed by atoms with Gasteiger partial charge in [0.25, 0.3) is 0 Å². The van der Waals surface area contributed by atoms with Crippen molar-refractivity contribution in [3.63, 3.8) is 0 Å². The Morgan fingerprint density at radius 1 is 0.800 bits per heavy atom. The van der Waals surface area contributed by atoms with Gasteiger partial charge in [-0.25, -0.2) is 4.98 Å². The topological polar surface area (TPSA) is 56.7 Å². The molecule has 2 N–H and O–H groups in total. The summed E-state index contributed by atoms with van der Waals surface area (Å²) in [5.74, 6) is 6.50. The third kappa shape index (κ3) is 3.43. The van der Waals surface area contributed by atoms with Gasteiger partial charge < -0.3 is 5.73 Å². The van der Waals surface area contributed by atoms with Crippen LogP contribution >= 0.6 is 0 Å². The zero-order chi connectivity index (χ0) is 20.3. The molecule has 0 atom stereocenters. The Morgan fingerprint density at radius 2 is 1.60 bits per heavy atom. The smallest absolute Gasteiger partial charge is 0.108 e. The van der Waals surface area contributed by atoms with Crippen LogP contribution < -0.4 is 5.73 Å². The zero-order valence-corrected chi connectivity index (χ0v) is 16.4. The maximum absolute atomic E-state index is 5.67. The molecule has 0 aliphatic heterocycles. The van der Waals surface area contributed by atoms with E-state index in [1.54, 1.807) is 0 Å². The molecule has 4 nitrogen and oxygen atoms in total. The lowest BCUT2D eigenvalue weighted by molar-refractivity contribution is 0.966. The first-order chi connectivity index (χ1) is 14.8. The van der Waals surface area contributed by atoms with Crippen LogP contribution in [-0.2, 0) is 6.42 Å². The number of aromatic nitrogens is 3. The van der Waals surface area contributed by atoms with Gasteiger partial charge in [-0.15, -0.1) is 0 Å². The van der Waals surface area contributed by atoms with Gasteiger partial charge in [-0.1, -0.05) is 42.2 Å². The number of pyridine rings is 1. The lowest BCUT2D eigenvalue weighted by Gasteiger charge is -2.08. The van der Waals surface area contributed by atoms with Crippen molar-refractivity contribution in [3.05, 3.63) is 102 Å². The van der Waals surface area contributed by atoms with Crippen molar-refractivity contribution < 1.29 is 0 Å². The summed E-state index contributed by atoms with van der Waals surface area (Å²) in [5, 5.41) is 1.04. The van der Waals surface area contributed by atoms with Crippen molar-refractivity contribution in [1.82, 2.24) is 14.5 Å². The van der Waals surface area contributed by atoms with E-state index in [1.807, 2.05) is 55.0 Å². The molecule has 0 amide bonds. The summed E-state index contributed by atoms with van der Waals surface area (Å²) < 4.78 is 2.11. The van der Waals surface area contributed by atoms with Crippen molar-refractivity contribution in [2.45, 2.75) is 6.42 Å². The third-order valence-electron chi connectivity index (χ3n) is 5.15. The predicted molar refractivity (Wildman–Crippen MR) is 122 cm³/mol. The number of nitrogens with two attached hydrogens (primary N) is 1. The van der Waals surface area contributed by atoms with Crippen LogP contribution in [0.1, 0.15) is 16.7 Å². The Morgan fingerprint density at radius 3 is 2.40 bits per heavy atom. The minimum atomic E-state index is 0.649. The summed E-state index contributed by atoms with van der Waals surface area (Å²) in [6.07, 6.45) is 4.56. The lowest BCUT2D eigenvalue weighted by Crippen LogP contribution is -2.02. The molecule has 30 heavy (non-hydrogen) atoms. The second-order valence-corrected chi connectivity index (χ2v) is 7.16. The fraction of sp³-hybridized carbons (Fsp3) is 0.0769. The Kier molecular flexibility index (Phi) is 4.72. The second kappa shape index (κ2) is 7.82. The van der Waals surface area contributed by atoms with Crippen LogP contribution in [0.3, 0.4) is 0 Å². The molecule has 144 valence electrons. The van der Waals surface area contributed by atoms with Gasteiger partial charge in [0, 0.05) is 22.2 Å². The van der Waals surface area contributed by atoms with E-state index in [2.05, 4.69) is 56.7 Å². The molecule has 5 rings (SSSR count). The van der Waals surface area contributed by atoms with Crippen LogP contribution in [0.5, 0.6) is 0 Å². The molecule has 0 bridgehead atoms. The number of nitrogens with zero attached hydrogens (tertiary/aromatic N) is 3. The number of rotatable bonds is 3. The van der Waals surface area contributed by atoms with E-state index in [4.69, 9.17) is 5.73 Å². The molecule has 0 fully saturated rings. The van der Waals surface area contributed by atoms with Gasteiger partial charge in [-0.3, -0.25) is 9.55 Å². The highest BCUT2D eigenvalue weighted by Gasteiger charge is 2.10. The van der Waals surface area contributed by atoms with E-state index in [0.717, 1.165) is 45.2 Å². The summed E-state index contributed by atoms with van der Waals surface area (Å²) in [6, 6.07) is 24.6. The van der Waals surface area contributed by atoms with Crippen molar-refractivity contribution in [3.8, 4) is 17.5 Å². The number of hydrogen-bond donors (Lipinski definition) is 1. The zero-order valence-electron chi connectivity index (χ0n) is 16.4. The van der Waals surface area contributed by atoms with E-state index in [-0.39, 0.29) is 0 Å². The van der Waals surface area contributed by atoms with Gasteiger partial charge in [-0.05, 0) is 61.0 Å². The van der Waals surface area contributed by atoms with Crippen molar-refractivity contribution in [2.24, 2.45) is 5.73 Å². The Bertz CT molecular complexity index is 1390. The second-order valence-electron chi connectivity index (χ2n) is 7.16. The monoisotopic (exact) mass is 388 g/mol. The van der Waals surface area contributed by atoms with Gasteiger partial charge in [0.15, 0.2) is 0 Å². The maximum atomic E-state index is 5.67. The highest BCUT2D eigenvalue weighted by atomic mass is 15.1. The molecule has 0 radical (unpaired) electrons. The summed E-state index contributed by atoms with van der Waals surface area (Å²) >= 11 is 0. The SMILES string of the molecule is NCCc1ccc(-n2cnc3cnc4ccc(C#Cc5ccccc5)cc4c32)cc1. The van der Waals surface area contributed by atoms with Crippen LogP contribution in [0.15, 0.2) is 85.3 Å². The quantitative estimate of drug-likeness (QED) is 0.464. The maximum Gasteiger partial charge on any atom is 0.108 e. The van der Waals surface area contributed by atoms with Gasteiger partial charge in [0.1, 0.15) is 11.8 Å². The van der Waals surface area contributed by atoms with Crippen molar-refractivity contribution in [1.29, 1.82) is 0 Å². The number of fused-ring (bicyclic) bond motifs is 3. The van der Waals surface area contributed by atoms with Crippen LogP contribution in [0.4, 0.5) is 0 Å². The van der Waals surface area contributed by atoms with Crippen LogP contribution in [-0.4, -0.2) is 21.1 Å². The fourth-order valence-electron chi connectivity index (χ4n) is 3.62. The third-order valence-corrected chi connectivity index (χ3v) is 5.15. The van der Waals surface area contributed by atoms with Crippen molar-refractivity contribution >= 4 is 21.9 Å². The minimum Gasteiger partial charge on any atom is -0.330 e. The normalized spacial score (nSPS) is 10.8. The van der Waals surface area contributed by atoms with Crippen molar-refractivity contribution in [2.75, 3.05) is 6.54 Å². The molecule has 0 unspecified atom stereocenters.